The Bertz CT molecular complexity index is 695. The molecular formula is C23H32N2O2S. The molecule has 0 aromatic heterocycles. The van der Waals surface area contributed by atoms with Crippen molar-refractivity contribution in [1.29, 1.82) is 0 Å². The Labute approximate surface area is 173 Å². The topological polar surface area (TPSA) is 50.4 Å². The normalized spacial score (nSPS) is 31.3. The highest BCUT2D eigenvalue weighted by Crippen LogP contribution is 2.61. The summed E-state index contributed by atoms with van der Waals surface area (Å²) >= 11 is 5.65. The quantitative estimate of drug-likeness (QED) is 0.511. The van der Waals surface area contributed by atoms with Gasteiger partial charge in [0.2, 0.25) is 0 Å². The van der Waals surface area contributed by atoms with Gasteiger partial charge < -0.3 is 15.4 Å². The number of nitrogens with one attached hydrogen (secondary N) is 2. The van der Waals surface area contributed by atoms with Gasteiger partial charge in [0.15, 0.2) is 5.11 Å². The zero-order valence-corrected chi connectivity index (χ0v) is 17.8. The third kappa shape index (κ3) is 3.91. The maximum Gasteiger partial charge on any atom is 0.338 e. The lowest BCUT2D eigenvalue weighted by Crippen LogP contribution is -2.57. The lowest BCUT2D eigenvalue weighted by molar-refractivity contribution is -0.0710. The molecule has 1 atom stereocenters. The molecule has 1 unspecified atom stereocenters. The molecule has 0 aliphatic heterocycles. The summed E-state index contributed by atoms with van der Waals surface area (Å²) in [6, 6.07) is 7.76. The number of esters is 1. The van der Waals surface area contributed by atoms with E-state index in [9.17, 15) is 4.79 Å². The summed E-state index contributed by atoms with van der Waals surface area (Å²) in [7, 11) is 0. The molecule has 28 heavy (non-hydrogen) atoms. The van der Waals surface area contributed by atoms with E-state index in [-0.39, 0.29) is 5.97 Å². The molecule has 0 spiro atoms. The minimum Gasteiger partial charge on any atom is -0.462 e. The van der Waals surface area contributed by atoms with Gasteiger partial charge in [-0.1, -0.05) is 6.92 Å². The minimum absolute atomic E-state index is 0.289. The Balaban J connectivity index is 1.38. The first-order chi connectivity index (χ1) is 13.5. The van der Waals surface area contributed by atoms with E-state index in [2.05, 4.69) is 17.6 Å². The Kier molecular flexibility index (Phi) is 5.64. The van der Waals surface area contributed by atoms with Crippen LogP contribution in [0, 0.1) is 23.2 Å². The van der Waals surface area contributed by atoms with Crippen LogP contribution >= 0.6 is 12.2 Å². The molecule has 4 fully saturated rings. The van der Waals surface area contributed by atoms with Crippen molar-refractivity contribution in [3.8, 4) is 0 Å². The fourth-order valence-electron chi connectivity index (χ4n) is 6.52. The van der Waals surface area contributed by atoms with Gasteiger partial charge in [-0.25, -0.2) is 4.79 Å². The number of thiocarbonyl (C=S) groups is 1. The average molecular weight is 401 g/mol. The molecule has 5 rings (SSSR count). The number of hydrogen-bond donors (Lipinski definition) is 2. The van der Waals surface area contributed by atoms with Gasteiger partial charge in [-0.15, -0.1) is 0 Å². The van der Waals surface area contributed by atoms with Crippen LogP contribution in [0.1, 0.15) is 69.2 Å². The molecule has 1 aromatic carbocycles. The summed E-state index contributed by atoms with van der Waals surface area (Å²) in [5, 5.41) is 7.65. The van der Waals surface area contributed by atoms with E-state index in [1.54, 1.807) is 12.1 Å². The second-order valence-electron chi connectivity index (χ2n) is 9.14. The van der Waals surface area contributed by atoms with Crippen LogP contribution in [0.3, 0.4) is 0 Å². The Morgan fingerprint density at radius 3 is 2.18 bits per heavy atom. The summed E-state index contributed by atoms with van der Waals surface area (Å²) in [5.41, 5.74) is 1.89. The third-order valence-electron chi connectivity index (χ3n) is 7.19. The van der Waals surface area contributed by atoms with Crippen molar-refractivity contribution in [3.05, 3.63) is 29.8 Å². The molecule has 5 heteroatoms. The van der Waals surface area contributed by atoms with Crippen LogP contribution in [-0.4, -0.2) is 23.7 Å². The number of carbonyl (C=O) groups is 1. The molecule has 4 bridgehead atoms. The predicted octanol–water partition coefficient (Wildman–Crippen LogP) is 5.14. The van der Waals surface area contributed by atoms with E-state index in [1.165, 1.54) is 38.5 Å². The van der Waals surface area contributed by atoms with Gasteiger partial charge in [0, 0.05) is 11.7 Å². The molecular weight excluding hydrogens is 368 g/mol. The van der Waals surface area contributed by atoms with E-state index in [0.717, 1.165) is 29.9 Å². The predicted molar refractivity (Wildman–Crippen MR) is 116 cm³/mol. The average Bonchev–Trinajstić information content (AvgIpc) is 2.65. The SMILES string of the molecule is CCOC(=O)c1ccc(NC(=S)NC(CC)C23CC4CC(CC(C4)C2)C3)cc1. The van der Waals surface area contributed by atoms with Gasteiger partial charge in [-0.2, -0.15) is 0 Å². The smallest absolute Gasteiger partial charge is 0.338 e. The Morgan fingerprint density at radius 2 is 1.68 bits per heavy atom. The molecule has 0 amide bonds. The van der Waals surface area contributed by atoms with Crippen molar-refractivity contribution in [2.45, 2.75) is 64.8 Å². The van der Waals surface area contributed by atoms with Crippen molar-refractivity contribution in [2.75, 3.05) is 11.9 Å². The maximum atomic E-state index is 11.8. The molecule has 0 heterocycles. The zero-order chi connectivity index (χ0) is 19.7. The number of rotatable bonds is 6. The van der Waals surface area contributed by atoms with Crippen LogP contribution in [0.25, 0.3) is 0 Å². The number of ether oxygens (including phenoxy) is 1. The van der Waals surface area contributed by atoms with Gasteiger partial charge >= 0.3 is 5.97 Å². The minimum atomic E-state index is -0.289. The van der Waals surface area contributed by atoms with Crippen LogP contribution in [0.4, 0.5) is 5.69 Å². The number of hydrogen-bond acceptors (Lipinski definition) is 3. The van der Waals surface area contributed by atoms with E-state index < -0.39 is 0 Å². The number of carbonyl (C=O) groups excluding carboxylic acids is 1. The van der Waals surface area contributed by atoms with Crippen LogP contribution in [-0.2, 0) is 4.74 Å². The number of anilines is 1. The summed E-state index contributed by atoms with van der Waals surface area (Å²) in [6.45, 7) is 4.48. The Hall–Kier alpha value is -1.62. The highest BCUT2D eigenvalue weighted by atomic mass is 32.1. The zero-order valence-electron chi connectivity index (χ0n) is 17.0. The van der Waals surface area contributed by atoms with Crippen LogP contribution in [0.2, 0.25) is 0 Å². The van der Waals surface area contributed by atoms with Crippen molar-refractivity contribution < 1.29 is 9.53 Å². The van der Waals surface area contributed by atoms with Crippen molar-refractivity contribution in [1.82, 2.24) is 5.32 Å². The highest BCUT2D eigenvalue weighted by Gasteiger charge is 2.53. The molecule has 2 N–H and O–H groups in total. The molecule has 1 aromatic rings. The summed E-state index contributed by atoms with van der Waals surface area (Å²) in [4.78, 5) is 11.8. The van der Waals surface area contributed by atoms with Gasteiger partial charge in [0.1, 0.15) is 0 Å². The monoisotopic (exact) mass is 400 g/mol. The van der Waals surface area contributed by atoms with Crippen molar-refractivity contribution in [3.63, 3.8) is 0 Å². The molecule has 0 saturated heterocycles. The fourth-order valence-corrected chi connectivity index (χ4v) is 6.78. The number of benzene rings is 1. The standard InChI is InChI=1S/C23H32N2O2S/c1-3-20(23-12-15-9-16(13-23)11-17(10-15)14-23)25-22(28)24-19-7-5-18(6-8-19)21(26)27-4-2/h5-8,15-17,20H,3-4,9-14H2,1-2H3,(H2,24,25,28). The first kappa shape index (κ1) is 19.7. The molecule has 4 nitrogen and oxygen atoms in total. The van der Waals surface area contributed by atoms with Gasteiger partial charge in [-0.05, 0) is 112 Å². The van der Waals surface area contributed by atoms with E-state index in [0.29, 0.717) is 28.7 Å². The van der Waals surface area contributed by atoms with E-state index in [1.807, 2.05) is 19.1 Å². The first-order valence-corrected chi connectivity index (χ1v) is 11.3. The highest BCUT2D eigenvalue weighted by molar-refractivity contribution is 7.80. The van der Waals surface area contributed by atoms with E-state index >= 15 is 0 Å². The van der Waals surface area contributed by atoms with Gasteiger partial charge in [0.25, 0.3) is 0 Å². The largest absolute Gasteiger partial charge is 0.462 e. The lowest BCUT2D eigenvalue weighted by Gasteiger charge is -2.59. The summed E-state index contributed by atoms with van der Waals surface area (Å²) in [5.74, 6) is 2.54. The second kappa shape index (κ2) is 8.02. The molecule has 152 valence electrons. The fraction of sp³-hybridized carbons (Fsp3) is 0.652. The molecule has 4 aliphatic carbocycles. The summed E-state index contributed by atoms with van der Waals surface area (Å²) in [6.07, 6.45) is 9.63. The molecule has 4 saturated carbocycles. The van der Waals surface area contributed by atoms with Crippen LogP contribution in [0.5, 0.6) is 0 Å². The lowest BCUT2D eigenvalue weighted by atomic mass is 9.47. The van der Waals surface area contributed by atoms with Gasteiger partial charge in [0.05, 0.1) is 12.2 Å². The first-order valence-electron chi connectivity index (χ1n) is 10.9. The van der Waals surface area contributed by atoms with Gasteiger partial charge in [-0.3, -0.25) is 0 Å². The van der Waals surface area contributed by atoms with Crippen molar-refractivity contribution >= 4 is 29.0 Å². The second-order valence-corrected chi connectivity index (χ2v) is 9.55. The maximum absolute atomic E-state index is 11.8. The van der Waals surface area contributed by atoms with Crippen LogP contribution in [0.15, 0.2) is 24.3 Å². The van der Waals surface area contributed by atoms with E-state index in [4.69, 9.17) is 17.0 Å². The van der Waals surface area contributed by atoms with Crippen LogP contribution < -0.4 is 10.6 Å². The molecule has 0 radical (unpaired) electrons. The molecule has 4 aliphatic rings. The van der Waals surface area contributed by atoms with Crippen molar-refractivity contribution in [2.24, 2.45) is 23.2 Å². The Morgan fingerprint density at radius 1 is 1.11 bits per heavy atom. The summed E-state index contributed by atoms with van der Waals surface area (Å²) < 4.78 is 5.04. The third-order valence-corrected chi connectivity index (χ3v) is 7.41.